The van der Waals surface area contributed by atoms with E-state index in [4.69, 9.17) is 0 Å². The van der Waals surface area contributed by atoms with E-state index < -0.39 is 15.8 Å². The van der Waals surface area contributed by atoms with Crippen LogP contribution in [0.15, 0.2) is 59.5 Å². The Morgan fingerprint density at radius 2 is 1.58 bits per heavy atom. The first-order valence-corrected chi connectivity index (χ1v) is 7.12. The molecule has 0 heterocycles. The summed E-state index contributed by atoms with van der Waals surface area (Å²) in [6.07, 6.45) is 0. The van der Waals surface area contributed by atoms with Gasteiger partial charge in [-0.25, -0.2) is 12.8 Å². The molecule has 3 nitrogen and oxygen atoms in total. The van der Waals surface area contributed by atoms with Crippen LogP contribution in [0, 0.1) is 12.7 Å². The molecule has 5 heteroatoms. The Morgan fingerprint density at radius 3 is 2.11 bits per heavy atom. The molecule has 0 unspecified atom stereocenters. The molecule has 0 spiro atoms. The van der Waals surface area contributed by atoms with E-state index in [0.29, 0.717) is 5.69 Å². The number of nitrogens with zero attached hydrogens (tertiary/aromatic N) is 1. The molecule has 99 valence electrons. The fourth-order valence-electron chi connectivity index (χ4n) is 1.72. The fraction of sp³-hybridized carbons (Fsp3) is 0.0714. The topological polar surface area (TPSA) is 37.4 Å². The minimum Gasteiger partial charge on any atom is -0.266 e. The van der Waals surface area contributed by atoms with Crippen LogP contribution in [0.5, 0.6) is 0 Å². The van der Waals surface area contributed by atoms with Gasteiger partial charge in [-0.2, -0.15) is 0 Å². The van der Waals surface area contributed by atoms with Crippen molar-refractivity contribution in [2.45, 2.75) is 4.90 Å². The highest BCUT2D eigenvalue weighted by Gasteiger charge is 2.23. The average Bonchev–Trinajstić information content (AvgIpc) is 2.42. The van der Waals surface area contributed by atoms with Crippen molar-refractivity contribution in [2.24, 2.45) is 0 Å². The first-order valence-electron chi connectivity index (χ1n) is 5.68. The Morgan fingerprint density at radius 1 is 1.00 bits per heavy atom. The monoisotopic (exact) mass is 278 g/mol. The maximum absolute atomic E-state index is 12.9. The standard InChI is InChI=1S/C14H13FNO2S/c1-2-16(13-10-8-12(15)9-11-13)19(17,18)14-6-4-3-5-7-14/h3-11H,1-2H2. The molecule has 0 aliphatic carbocycles. The molecule has 2 aromatic rings. The van der Waals surface area contributed by atoms with Crippen LogP contribution >= 0.6 is 0 Å². The van der Waals surface area contributed by atoms with Crippen LogP contribution in [0.1, 0.15) is 0 Å². The summed E-state index contributed by atoms with van der Waals surface area (Å²) in [5.41, 5.74) is 0.389. The highest BCUT2D eigenvalue weighted by Crippen LogP contribution is 2.23. The van der Waals surface area contributed by atoms with Gasteiger partial charge in [0.2, 0.25) is 0 Å². The van der Waals surface area contributed by atoms with Gasteiger partial charge in [0.05, 0.1) is 10.6 Å². The van der Waals surface area contributed by atoms with Gasteiger partial charge in [-0.1, -0.05) is 18.2 Å². The minimum atomic E-state index is -3.67. The second kappa shape index (κ2) is 5.40. The fourth-order valence-corrected chi connectivity index (χ4v) is 3.11. The lowest BCUT2D eigenvalue weighted by molar-refractivity contribution is 0.592. The van der Waals surface area contributed by atoms with Crippen molar-refractivity contribution < 1.29 is 12.8 Å². The van der Waals surface area contributed by atoms with E-state index in [2.05, 4.69) is 6.92 Å². The molecule has 0 amide bonds. The van der Waals surface area contributed by atoms with Gasteiger partial charge in [-0.15, -0.1) is 0 Å². The molecule has 0 aromatic heterocycles. The molecule has 0 N–H and O–H groups in total. The van der Waals surface area contributed by atoms with Gasteiger partial charge < -0.3 is 0 Å². The number of rotatable bonds is 4. The average molecular weight is 278 g/mol. The smallest absolute Gasteiger partial charge is 0.264 e. The van der Waals surface area contributed by atoms with Gasteiger partial charge in [-0.3, -0.25) is 4.31 Å². The van der Waals surface area contributed by atoms with Gasteiger partial charge in [0.15, 0.2) is 0 Å². The maximum Gasteiger partial charge on any atom is 0.264 e. The molecule has 0 saturated carbocycles. The summed E-state index contributed by atoms with van der Waals surface area (Å²) in [7, 11) is -3.67. The van der Waals surface area contributed by atoms with E-state index in [9.17, 15) is 12.8 Å². The van der Waals surface area contributed by atoms with Crippen molar-refractivity contribution in [1.82, 2.24) is 0 Å². The third-order valence-corrected chi connectivity index (χ3v) is 4.49. The third-order valence-electron chi connectivity index (χ3n) is 2.65. The quantitative estimate of drug-likeness (QED) is 0.862. The highest BCUT2D eigenvalue weighted by atomic mass is 32.2. The van der Waals surface area contributed by atoms with Crippen molar-refractivity contribution in [3.63, 3.8) is 0 Å². The summed E-state index contributed by atoms with van der Waals surface area (Å²) >= 11 is 0. The number of benzene rings is 2. The van der Waals surface area contributed by atoms with E-state index in [1.807, 2.05) is 0 Å². The van der Waals surface area contributed by atoms with E-state index in [1.54, 1.807) is 18.2 Å². The van der Waals surface area contributed by atoms with Crippen molar-refractivity contribution in [2.75, 3.05) is 10.8 Å². The molecule has 2 aromatic carbocycles. The Hall–Kier alpha value is -1.88. The second-order valence-corrected chi connectivity index (χ2v) is 5.73. The molecule has 0 aliphatic rings. The predicted octanol–water partition coefficient (Wildman–Crippen LogP) is 2.86. The van der Waals surface area contributed by atoms with Crippen LogP contribution in [0.4, 0.5) is 10.1 Å². The Bertz CT molecular complexity index is 639. The Labute approximate surface area is 112 Å². The summed E-state index contributed by atoms with van der Waals surface area (Å²) in [5, 5.41) is 0. The van der Waals surface area contributed by atoms with Gasteiger partial charge in [-0.05, 0) is 43.3 Å². The lowest BCUT2D eigenvalue weighted by atomic mass is 10.3. The Balaban J connectivity index is 2.45. The SMILES string of the molecule is [CH2]CN(c1ccc(F)cc1)S(=O)(=O)c1ccccc1. The van der Waals surface area contributed by atoms with E-state index in [0.717, 1.165) is 4.31 Å². The molecule has 1 radical (unpaired) electrons. The highest BCUT2D eigenvalue weighted by molar-refractivity contribution is 7.92. The molecule has 19 heavy (non-hydrogen) atoms. The van der Waals surface area contributed by atoms with Gasteiger partial charge in [0, 0.05) is 6.54 Å². The zero-order chi connectivity index (χ0) is 13.9. The Kier molecular flexibility index (Phi) is 3.85. The molecular weight excluding hydrogens is 265 g/mol. The summed E-state index contributed by atoms with van der Waals surface area (Å²) in [6, 6.07) is 13.4. The number of hydrogen-bond donors (Lipinski definition) is 0. The number of halogens is 1. The summed E-state index contributed by atoms with van der Waals surface area (Å²) in [5.74, 6) is -0.412. The predicted molar refractivity (Wildman–Crippen MR) is 72.7 cm³/mol. The lowest BCUT2D eigenvalue weighted by Gasteiger charge is -2.22. The second-order valence-electron chi connectivity index (χ2n) is 3.87. The molecule has 0 atom stereocenters. The first-order chi connectivity index (χ1) is 9.05. The zero-order valence-corrected chi connectivity index (χ0v) is 11.0. The van der Waals surface area contributed by atoms with Crippen LogP contribution in [0.2, 0.25) is 0 Å². The van der Waals surface area contributed by atoms with Crippen molar-refractivity contribution in [3.8, 4) is 0 Å². The normalized spacial score (nSPS) is 11.3. The van der Waals surface area contributed by atoms with Crippen LogP contribution in [-0.4, -0.2) is 15.0 Å². The molecular formula is C14H13FNO2S. The first kappa shape index (κ1) is 13.5. The molecule has 0 saturated heterocycles. The zero-order valence-electron chi connectivity index (χ0n) is 10.2. The van der Waals surface area contributed by atoms with Gasteiger partial charge in [0.25, 0.3) is 10.0 Å². The molecule has 2 rings (SSSR count). The molecule has 0 fully saturated rings. The van der Waals surface area contributed by atoms with Gasteiger partial charge in [0.1, 0.15) is 5.82 Å². The van der Waals surface area contributed by atoms with Crippen LogP contribution in [0.3, 0.4) is 0 Å². The lowest BCUT2D eigenvalue weighted by Crippen LogP contribution is -2.30. The van der Waals surface area contributed by atoms with Crippen LogP contribution < -0.4 is 4.31 Å². The van der Waals surface area contributed by atoms with Crippen molar-refractivity contribution in [3.05, 3.63) is 67.3 Å². The molecule has 0 aliphatic heterocycles. The summed E-state index contributed by atoms with van der Waals surface area (Å²) < 4.78 is 38.9. The van der Waals surface area contributed by atoms with Crippen molar-refractivity contribution in [1.29, 1.82) is 0 Å². The number of sulfonamides is 1. The van der Waals surface area contributed by atoms with E-state index in [1.165, 1.54) is 36.4 Å². The molecule has 0 bridgehead atoms. The third kappa shape index (κ3) is 2.76. The summed E-state index contributed by atoms with van der Waals surface area (Å²) in [4.78, 5) is 0.183. The minimum absolute atomic E-state index is 0.0306. The maximum atomic E-state index is 12.9. The van der Waals surface area contributed by atoms with Crippen LogP contribution in [0.25, 0.3) is 0 Å². The van der Waals surface area contributed by atoms with E-state index >= 15 is 0 Å². The largest absolute Gasteiger partial charge is 0.266 e. The number of hydrogen-bond acceptors (Lipinski definition) is 2. The van der Waals surface area contributed by atoms with Crippen LogP contribution in [-0.2, 0) is 10.0 Å². The summed E-state index contributed by atoms with van der Waals surface area (Å²) in [6.45, 7) is 3.66. The number of anilines is 1. The van der Waals surface area contributed by atoms with Gasteiger partial charge >= 0.3 is 0 Å². The van der Waals surface area contributed by atoms with Crippen molar-refractivity contribution >= 4 is 15.7 Å². The van der Waals surface area contributed by atoms with E-state index in [-0.39, 0.29) is 11.4 Å².